The van der Waals surface area contributed by atoms with Gasteiger partial charge in [-0.1, -0.05) is 29.8 Å². The van der Waals surface area contributed by atoms with Crippen molar-refractivity contribution >= 4 is 11.7 Å². The molecule has 2 amide bonds. The molecule has 7 nitrogen and oxygen atoms in total. The lowest BCUT2D eigenvalue weighted by molar-refractivity contribution is 0.240. The van der Waals surface area contributed by atoms with Gasteiger partial charge in [-0.3, -0.25) is 0 Å². The van der Waals surface area contributed by atoms with Crippen molar-refractivity contribution in [3.05, 3.63) is 64.1 Å². The van der Waals surface area contributed by atoms with E-state index < -0.39 is 0 Å². The Labute approximate surface area is 164 Å². The highest BCUT2D eigenvalue weighted by molar-refractivity contribution is 5.73. The zero-order valence-electron chi connectivity index (χ0n) is 16.4. The molecular formula is C21H24N6O. The van der Waals surface area contributed by atoms with E-state index in [1.807, 2.05) is 51.1 Å². The van der Waals surface area contributed by atoms with Crippen LogP contribution in [0.4, 0.5) is 4.79 Å². The van der Waals surface area contributed by atoms with Crippen molar-refractivity contribution in [1.82, 2.24) is 25.2 Å². The molecule has 144 valence electrons. The van der Waals surface area contributed by atoms with E-state index in [1.54, 1.807) is 4.52 Å². The number of hydrogen-bond donors (Lipinski definition) is 2. The highest BCUT2D eigenvalue weighted by Crippen LogP contribution is 2.17. The summed E-state index contributed by atoms with van der Waals surface area (Å²) in [7, 11) is 0. The molecule has 0 aliphatic carbocycles. The van der Waals surface area contributed by atoms with E-state index in [9.17, 15) is 10.1 Å². The third kappa shape index (κ3) is 4.46. The van der Waals surface area contributed by atoms with Gasteiger partial charge in [-0.15, -0.1) is 0 Å². The number of carbonyl (C=O) groups excluding carboxylic acids is 1. The van der Waals surface area contributed by atoms with Gasteiger partial charge in [-0.05, 0) is 45.2 Å². The number of carbonyl (C=O) groups is 1. The Kier molecular flexibility index (Phi) is 5.90. The number of aryl methyl sites for hydroxylation is 4. The van der Waals surface area contributed by atoms with Crippen LogP contribution in [-0.4, -0.2) is 27.2 Å². The summed E-state index contributed by atoms with van der Waals surface area (Å²) in [6, 6.07) is 12.0. The topological polar surface area (TPSA) is 95.1 Å². The van der Waals surface area contributed by atoms with Crippen molar-refractivity contribution < 1.29 is 4.79 Å². The minimum absolute atomic E-state index is 0.204. The first-order chi connectivity index (χ1) is 13.5. The number of nitriles is 1. The van der Waals surface area contributed by atoms with Crippen LogP contribution in [0.25, 0.3) is 5.65 Å². The predicted molar refractivity (Wildman–Crippen MR) is 107 cm³/mol. The number of fused-ring (bicyclic) bond motifs is 1. The quantitative estimate of drug-likeness (QED) is 0.647. The summed E-state index contributed by atoms with van der Waals surface area (Å²) in [5.41, 5.74) is 5.87. The molecule has 0 aliphatic heterocycles. The fraction of sp³-hybridized carbons (Fsp3) is 0.333. The molecule has 0 aliphatic rings. The molecule has 0 atom stereocenters. The second-order valence-corrected chi connectivity index (χ2v) is 6.91. The molecule has 2 heterocycles. The Balaban J connectivity index is 1.51. The van der Waals surface area contributed by atoms with Gasteiger partial charge in [0, 0.05) is 24.5 Å². The van der Waals surface area contributed by atoms with Crippen LogP contribution in [0, 0.1) is 32.1 Å². The number of aromatic nitrogens is 3. The summed E-state index contributed by atoms with van der Waals surface area (Å²) in [5.74, 6) is 0. The Morgan fingerprint density at radius 3 is 2.64 bits per heavy atom. The minimum Gasteiger partial charge on any atom is -0.338 e. The molecule has 2 aromatic heterocycles. The summed E-state index contributed by atoms with van der Waals surface area (Å²) >= 11 is 0. The smallest absolute Gasteiger partial charge is 0.315 e. The van der Waals surface area contributed by atoms with Crippen LogP contribution < -0.4 is 10.6 Å². The second-order valence-electron chi connectivity index (χ2n) is 6.91. The second kappa shape index (κ2) is 8.53. The molecule has 2 N–H and O–H groups in total. The van der Waals surface area contributed by atoms with Gasteiger partial charge in [0.15, 0.2) is 5.65 Å². The van der Waals surface area contributed by atoms with Gasteiger partial charge in [0.05, 0.1) is 5.69 Å². The van der Waals surface area contributed by atoms with Crippen molar-refractivity contribution in [3.8, 4) is 6.07 Å². The van der Waals surface area contributed by atoms with Gasteiger partial charge in [0.1, 0.15) is 11.6 Å². The summed E-state index contributed by atoms with van der Waals surface area (Å²) in [5, 5.41) is 19.7. The van der Waals surface area contributed by atoms with Gasteiger partial charge in [-0.2, -0.15) is 10.4 Å². The molecule has 28 heavy (non-hydrogen) atoms. The lowest BCUT2D eigenvalue weighted by Gasteiger charge is -2.07. The molecule has 0 saturated carbocycles. The Morgan fingerprint density at radius 1 is 1.18 bits per heavy atom. The number of amides is 2. The zero-order valence-corrected chi connectivity index (χ0v) is 16.4. The van der Waals surface area contributed by atoms with Crippen LogP contribution in [0.5, 0.6) is 0 Å². The third-order valence-electron chi connectivity index (χ3n) is 4.53. The number of hydrogen-bond acceptors (Lipinski definition) is 4. The molecule has 0 bridgehead atoms. The molecule has 1 aromatic carbocycles. The summed E-state index contributed by atoms with van der Waals surface area (Å²) in [6.45, 7) is 6.87. The lowest BCUT2D eigenvalue weighted by atomic mass is 10.1. The highest BCUT2D eigenvalue weighted by Gasteiger charge is 2.15. The standard InChI is InChI=1S/C21H24N6O/c1-14-6-8-17(9-7-14)13-24-21(28)23-10-4-5-19-18(12-22)20-25-15(2)11-16(3)27(20)26-19/h6-9,11H,4-5,10,13H2,1-3H3,(H2,23,24,28). The van der Waals surface area contributed by atoms with E-state index in [-0.39, 0.29) is 6.03 Å². The maximum atomic E-state index is 11.9. The van der Waals surface area contributed by atoms with Crippen molar-refractivity contribution in [2.75, 3.05) is 6.54 Å². The van der Waals surface area contributed by atoms with Crippen molar-refractivity contribution in [2.24, 2.45) is 0 Å². The third-order valence-corrected chi connectivity index (χ3v) is 4.53. The molecule has 7 heteroatoms. The molecular weight excluding hydrogens is 352 g/mol. The SMILES string of the molecule is Cc1ccc(CNC(=O)NCCCc2nn3c(C)cc(C)nc3c2C#N)cc1. The summed E-state index contributed by atoms with van der Waals surface area (Å²) in [4.78, 5) is 16.4. The van der Waals surface area contributed by atoms with Crippen LogP contribution in [0.1, 0.15) is 40.2 Å². The van der Waals surface area contributed by atoms with Crippen LogP contribution in [0.3, 0.4) is 0 Å². The highest BCUT2D eigenvalue weighted by atomic mass is 16.2. The van der Waals surface area contributed by atoms with Gasteiger partial charge in [0.2, 0.25) is 0 Å². The largest absolute Gasteiger partial charge is 0.338 e. The van der Waals surface area contributed by atoms with Gasteiger partial charge in [-0.25, -0.2) is 14.3 Å². The van der Waals surface area contributed by atoms with Gasteiger partial charge >= 0.3 is 6.03 Å². The van der Waals surface area contributed by atoms with Crippen LogP contribution in [0.2, 0.25) is 0 Å². The number of rotatable bonds is 6. The average molecular weight is 376 g/mol. The number of urea groups is 1. The number of nitrogens with zero attached hydrogens (tertiary/aromatic N) is 4. The van der Waals surface area contributed by atoms with E-state index in [2.05, 4.69) is 26.8 Å². The van der Waals surface area contributed by atoms with E-state index in [1.165, 1.54) is 5.56 Å². The number of nitrogens with one attached hydrogen (secondary N) is 2. The maximum absolute atomic E-state index is 11.9. The fourth-order valence-electron chi connectivity index (χ4n) is 3.06. The van der Waals surface area contributed by atoms with Gasteiger partial charge in [0.25, 0.3) is 0 Å². The molecule has 0 spiro atoms. The molecule has 3 rings (SSSR count). The summed E-state index contributed by atoms with van der Waals surface area (Å²) in [6.07, 6.45) is 1.29. The zero-order chi connectivity index (χ0) is 20.1. The monoisotopic (exact) mass is 376 g/mol. The van der Waals surface area contributed by atoms with E-state index in [0.717, 1.165) is 17.0 Å². The Bertz CT molecular complexity index is 1030. The summed E-state index contributed by atoms with van der Waals surface area (Å²) < 4.78 is 1.71. The molecule has 0 fully saturated rings. The predicted octanol–water partition coefficient (Wildman–Crippen LogP) is 2.96. The van der Waals surface area contributed by atoms with Crippen LogP contribution >= 0.6 is 0 Å². The Morgan fingerprint density at radius 2 is 1.93 bits per heavy atom. The normalized spacial score (nSPS) is 10.6. The van der Waals surface area contributed by atoms with E-state index in [4.69, 9.17) is 0 Å². The van der Waals surface area contributed by atoms with Crippen LogP contribution in [-0.2, 0) is 13.0 Å². The minimum atomic E-state index is -0.204. The van der Waals surface area contributed by atoms with E-state index in [0.29, 0.717) is 42.8 Å². The van der Waals surface area contributed by atoms with Crippen molar-refractivity contribution in [1.29, 1.82) is 5.26 Å². The van der Waals surface area contributed by atoms with Crippen molar-refractivity contribution in [2.45, 2.75) is 40.2 Å². The molecule has 0 unspecified atom stereocenters. The van der Waals surface area contributed by atoms with Crippen molar-refractivity contribution in [3.63, 3.8) is 0 Å². The molecule has 3 aromatic rings. The lowest BCUT2D eigenvalue weighted by Crippen LogP contribution is -2.35. The fourth-order valence-corrected chi connectivity index (χ4v) is 3.06. The van der Waals surface area contributed by atoms with E-state index >= 15 is 0 Å². The first kappa shape index (κ1) is 19.4. The first-order valence-corrected chi connectivity index (χ1v) is 9.31. The maximum Gasteiger partial charge on any atom is 0.315 e. The van der Waals surface area contributed by atoms with Gasteiger partial charge < -0.3 is 10.6 Å². The molecule has 0 radical (unpaired) electrons. The molecule has 0 saturated heterocycles. The van der Waals surface area contributed by atoms with Crippen LogP contribution in [0.15, 0.2) is 30.3 Å². The Hall–Kier alpha value is -3.40. The first-order valence-electron chi connectivity index (χ1n) is 9.31. The number of benzene rings is 1. The average Bonchev–Trinajstić information content (AvgIpc) is 3.02.